The van der Waals surface area contributed by atoms with Gasteiger partial charge in [0.05, 0.1) is 12.3 Å². The second-order valence-corrected chi connectivity index (χ2v) is 9.18. The van der Waals surface area contributed by atoms with Gasteiger partial charge in [0.15, 0.2) is 0 Å². The van der Waals surface area contributed by atoms with Crippen molar-refractivity contribution in [1.29, 1.82) is 0 Å². The molecular weight excluding hydrogens is 404 g/mol. The summed E-state index contributed by atoms with van der Waals surface area (Å²) in [6.45, 7) is 10.1. The van der Waals surface area contributed by atoms with E-state index in [4.69, 9.17) is 9.72 Å². The zero-order chi connectivity index (χ0) is 23.4. The number of hydrogen-bond acceptors (Lipinski definition) is 3. The SMILES string of the molecule is CCOc1cc(-c2c(CC)cccc2CC)nc(C)c1CN(C)[C@H]1CCCc2ccccc21. The maximum Gasteiger partial charge on any atom is 0.127 e. The molecule has 0 aliphatic heterocycles. The fourth-order valence-electron chi connectivity index (χ4n) is 5.39. The summed E-state index contributed by atoms with van der Waals surface area (Å²) >= 11 is 0. The summed E-state index contributed by atoms with van der Waals surface area (Å²) in [5.41, 5.74) is 10.3. The third kappa shape index (κ3) is 4.84. The molecule has 0 saturated carbocycles. The molecule has 174 valence electrons. The number of rotatable bonds is 8. The molecule has 0 amide bonds. The van der Waals surface area contributed by atoms with Crippen molar-refractivity contribution < 1.29 is 4.74 Å². The minimum atomic E-state index is 0.441. The van der Waals surface area contributed by atoms with Crippen LogP contribution in [0, 0.1) is 6.92 Å². The molecule has 1 heterocycles. The number of ether oxygens (including phenoxy) is 1. The van der Waals surface area contributed by atoms with Crippen molar-refractivity contribution in [2.75, 3.05) is 13.7 Å². The Hall–Kier alpha value is -2.65. The normalized spacial score (nSPS) is 15.5. The van der Waals surface area contributed by atoms with Crippen molar-refractivity contribution in [3.05, 3.63) is 82.0 Å². The molecule has 0 radical (unpaired) electrons. The van der Waals surface area contributed by atoms with Crippen molar-refractivity contribution in [2.24, 2.45) is 0 Å². The highest BCUT2D eigenvalue weighted by atomic mass is 16.5. The van der Waals surface area contributed by atoms with Crippen molar-refractivity contribution in [1.82, 2.24) is 9.88 Å². The van der Waals surface area contributed by atoms with Gasteiger partial charge in [-0.05, 0) is 75.3 Å². The van der Waals surface area contributed by atoms with Crippen LogP contribution in [-0.4, -0.2) is 23.5 Å². The fraction of sp³-hybridized carbons (Fsp3) is 0.433. The highest BCUT2D eigenvalue weighted by Gasteiger charge is 2.25. The van der Waals surface area contributed by atoms with E-state index in [0.29, 0.717) is 12.6 Å². The maximum atomic E-state index is 6.22. The summed E-state index contributed by atoms with van der Waals surface area (Å²) in [4.78, 5) is 7.63. The van der Waals surface area contributed by atoms with Gasteiger partial charge in [0.2, 0.25) is 0 Å². The Balaban J connectivity index is 1.71. The lowest BCUT2D eigenvalue weighted by Gasteiger charge is -2.34. The number of benzene rings is 2. The first kappa shape index (κ1) is 23.5. The first-order chi connectivity index (χ1) is 16.1. The smallest absolute Gasteiger partial charge is 0.127 e. The predicted molar refractivity (Wildman–Crippen MR) is 138 cm³/mol. The van der Waals surface area contributed by atoms with Gasteiger partial charge >= 0.3 is 0 Å². The van der Waals surface area contributed by atoms with Gasteiger partial charge < -0.3 is 4.74 Å². The molecule has 0 bridgehead atoms. The van der Waals surface area contributed by atoms with Crippen molar-refractivity contribution >= 4 is 0 Å². The molecule has 4 rings (SSSR count). The van der Waals surface area contributed by atoms with E-state index in [1.54, 1.807) is 0 Å². The van der Waals surface area contributed by atoms with Crippen LogP contribution in [0.1, 0.15) is 73.2 Å². The second-order valence-electron chi connectivity index (χ2n) is 9.18. The minimum Gasteiger partial charge on any atom is -0.493 e. The van der Waals surface area contributed by atoms with E-state index in [-0.39, 0.29) is 0 Å². The Morgan fingerprint density at radius 2 is 1.73 bits per heavy atom. The molecule has 1 aliphatic carbocycles. The zero-order valence-corrected chi connectivity index (χ0v) is 20.9. The molecule has 33 heavy (non-hydrogen) atoms. The van der Waals surface area contributed by atoms with Crippen LogP contribution in [0.5, 0.6) is 5.75 Å². The average molecular weight is 443 g/mol. The van der Waals surface area contributed by atoms with Crippen LogP contribution in [0.3, 0.4) is 0 Å². The summed E-state index contributed by atoms with van der Waals surface area (Å²) in [5.74, 6) is 0.976. The Bertz CT molecular complexity index is 1080. The molecular formula is C30H38N2O. The lowest BCUT2D eigenvalue weighted by atomic mass is 9.87. The number of pyridine rings is 1. The zero-order valence-electron chi connectivity index (χ0n) is 20.9. The first-order valence-electron chi connectivity index (χ1n) is 12.6. The first-order valence-corrected chi connectivity index (χ1v) is 12.6. The van der Waals surface area contributed by atoms with Gasteiger partial charge in [-0.15, -0.1) is 0 Å². The van der Waals surface area contributed by atoms with Crippen molar-refractivity contribution in [3.63, 3.8) is 0 Å². The quantitative estimate of drug-likeness (QED) is 0.372. The highest BCUT2D eigenvalue weighted by Crippen LogP contribution is 2.37. The van der Waals surface area contributed by atoms with Gasteiger partial charge in [0.1, 0.15) is 5.75 Å². The lowest BCUT2D eigenvalue weighted by Crippen LogP contribution is -2.28. The maximum absolute atomic E-state index is 6.22. The number of fused-ring (bicyclic) bond motifs is 1. The Labute approximate surface area is 199 Å². The van der Waals surface area contributed by atoms with Gasteiger partial charge in [-0.25, -0.2) is 0 Å². The third-order valence-electron chi connectivity index (χ3n) is 7.12. The molecule has 0 N–H and O–H groups in total. The molecule has 3 heteroatoms. The van der Waals surface area contributed by atoms with Gasteiger partial charge in [-0.1, -0.05) is 56.3 Å². The predicted octanol–water partition coefficient (Wildman–Crippen LogP) is 7.09. The van der Waals surface area contributed by atoms with E-state index < -0.39 is 0 Å². The Kier molecular flexibility index (Phi) is 7.49. The Morgan fingerprint density at radius 1 is 1.00 bits per heavy atom. The molecule has 1 aromatic heterocycles. The molecule has 3 nitrogen and oxygen atoms in total. The molecule has 0 saturated heterocycles. The van der Waals surface area contributed by atoms with Crippen LogP contribution in [-0.2, 0) is 25.8 Å². The standard InChI is InChI=1S/C30H38N2O/c1-6-22-14-11-15-23(7-2)30(22)27-19-29(33-8-3)26(21(4)31-27)20-32(5)28-18-12-16-24-13-9-10-17-25(24)28/h9-11,13-15,17,19,28H,6-8,12,16,18,20H2,1-5H3/t28-/m0/s1. The van der Waals surface area contributed by atoms with Crippen LogP contribution >= 0.6 is 0 Å². The highest BCUT2D eigenvalue weighted by molar-refractivity contribution is 5.70. The largest absolute Gasteiger partial charge is 0.493 e. The molecule has 0 fully saturated rings. The van der Waals surface area contributed by atoms with Gasteiger partial charge in [-0.3, -0.25) is 9.88 Å². The van der Waals surface area contributed by atoms with E-state index in [1.807, 2.05) is 0 Å². The van der Waals surface area contributed by atoms with Crippen LogP contribution in [0.25, 0.3) is 11.3 Å². The Morgan fingerprint density at radius 3 is 2.42 bits per heavy atom. The molecule has 1 aliphatic rings. The fourth-order valence-corrected chi connectivity index (χ4v) is 5.39. The topological polar surface area (TPSA) is 25.4 Å². The lowest BCUT2D eigenvalue weighted by molar-refractivity contribution is 0.208. The number of aryl methyl sites for hydroxylation is 4. The van der Waals surface area contributed by atoms with Crippen molar-refractivity contribution in [3.8, 4) is 17.0 Å². The van der Waals surface area contributed by atoms with E-state index in [2.05, 4.69) is 88.2 Å². The number of aromatic nitrogens is 1. The molecule has 2 aromatic carbocycles. The van der Waals surface area contributed by atoms with E-state index in [1.165, 1.54) is 52.6 Å². The van der Waals surface area contributed by atoms with Crippen LogP contribution in [0.15, 0.2) is 48.5 Å². The molecule has 0 spiro atoms. The molecule has 1 atom stereocenters. The second kappa shape index (κ2) is 10.5. The van der Waals surface area contributed by atoms with Gasteiger partial charge in [0.25, 0.3) is 0 Å². The van der Waals surface area contributed by atoms with E-state index >= 15 is 0 Å². The summed E-state index contributed by atoms with van der Waals surface area (Å²) in [6, 6.07) is 18.2. The van der Waals surface area contributed by atoms with Crippen molar-refractivity contribution in [2.45, 2.75) is 72.4 Å². The molecule has 0 unspecified atom stereocenters. The van der Waals surface area contributed by atoms with Crippen LogP contribution in [0.2, 0.25) is 0 Å². The van der Waals surface area contributed by atoms with E-state index in [9.17, 15) is 0 Å². The van der Waals surface area contributed by atoms with Crippen LogP contribution < -0.4 is 4.74 Å². The van der Waals surface area contributed by atoms with E-state index in [0.717, 1.165) is 36.5 Å². The number of nitrogens with zero attached hydrogens (tertiary/aromatic N) is 2. The number of hydrogen-bond donors (Lipinski definition) is 0. The monoisotopic (exact) mass is 442 g/mol. The summed E-state index contributed by atoms with van der Waals surface area (Å²) in [5, 5.41) is 0. The van der Waals surface area contributed by atoms with Crippen LogP contribution in [0.4, 0.5) is 0 Å². The minimum absolute atomic E-state index is 0.441. The van der Waals surface area contributed by atoms with Gasteiger partial charge in [0, 0.05) is 35.5 Å². The third-order valence-corrected chi connectivity index (χ3v) is 7.12. The summed E-state index contributed by atoms with van der Waals surface area (Å²) < 4.78 is 6.22. The average Bonchev–Trinajstić information content (AvgIpc) is 2.85. The molecule has 3 aromatic rings. The summed E-state index contributed by atoms with van der Waals surface area (Å²) in [7, 11) is 2.25. The summed E-state index contributed by atoms with van der Waals surface area (Å²) in [6.07, 6.45) is 5.63. The van der Waals surface area contributed by atoms with Gasteiger partial charge in [-0.2, -0.15) is 0 Å².